The van der Waals surface area contributed by atoms with Crippen molar-refractivity contribution in [1.29, 1.82) is 0 Å². The third-order valence-electron chi connectivity index (χ3n) is 4.15. The monoisotopic (exact) mass is 280 g/mol. The van der Waals surface area contributed by atoms with Gasteiger partial charge in [0.25, 0.3) is 5.91 Å². The van der Waals surface area contributed by atoms with E-state index in [0.29, 0.717) is 17.0 Å². The third-order valence-corrected chi connectivity index (χ3v) is 5.00. The summed E-state index contributed by atoms with van der Waals surface area (Å²) in [5.74, 6) is 1.29. The van der Waals surface area contributed by atoms with Crippen LogP contribution in [0.15, 0.2) is 5.38 Å². The van der Waals surface area contributed by atoms with Crippen LogP contribution in [0.5, 0.6) is 0 Å². The average Bonchev–Trinajstić information content (AvgIpc) is 2.87. The van der Waals surface area contributed by atoms with Crippen molar-refractivity contribution in [2.45, 2.75) is 58.4 Å². The van der Waals surface area contributed by atoms with Gasteiger partial charge in [0.2, 0.25) is 0 Å². The molecule has 0 atom stereocenters. The molecule has 0 bridgehead atoms. The largest absolute Gasteiger partial charge is 0.337 e. The zero-order valence-corrected chi connectivity index (χ0v) is 13.2. The lowest BCUT2D eigenvalue weighted by atomic mass is 9.87. The first kappa shape index (κ1) is 14.5. The Bertz CT molecular complexity index is 433. The smallest absolute Gasteiger partial charge is 0.282 e. The fraction of sp³-hybridized carbons (Fsp3) is 0.733. The summed E-state index contributed by atoms with van der Waals surface area (Å²) in [5, 5.41) is 2.65. The number of aromatic nitrogens is 1. The Morgan fingerprint density at radius 2 is 2.00 bits per heavy atom. The molecule has 0 aromatic carbocycles. The summed E-state index contributed by atoms with van der Waals surface area (Å²) >= 11 is 1.48. The van der Waals surface area contributed by atoms with Gasteiger partial charge in [0.05, 0.1) is 5.69 Å². The van der Waals surface area contributed by atoms with Crippen LogP contribution < -0.4 is 0 Å². The number of rotatable bonds is 3. The first-order chi connectivity index (χ1) is 8.99. The molecule has 19 heavy (non-hydrogen) atoms. The molecular formula is C15H24N2OS. The maximum Gasteiger partial charge on any atom is 0.282 e. The number of hydrogen-bond acceptors (Lipinski definition) is 3. The van der Waals surface area contributed by atoms with Crippen molar-refractivity contribution in [3.05, 3.63) is 16.1 Å². The maximum absolute atomic E-state index is 12.4. The standard InChI is InChI=1S/C15H24N2OS/c1-10(2)13-9-19-14(16-13)15(18)17(4)12-7-5-11(3)6-8-12/h9-12H,5-8H2,1-4H3. The molecule has 1 aliphatic carbocycles. The lowest BCUT2D eigenvalue weighted by Gasteiger charge is -2.33. The maximum atomic E-state index is 12.4. The molecule has 1 amide bonds. The molecule has 3 nitrogen and oxygen atoms in total. The predicted octanol–water partition coefficient (Wildman–Crippen LogP) is 3.92. The molecule has 1 aliphatic rings. The molecule has 1 saturated carbocycles. The van der Waals surface area contributed by atoms with Crippen molar-refractivity contribution in [2.24, 2.45) is 5.92 Å². The van der Waals surface area contributed by atoms with E-state index in [0.717, 1.165) is 24.5 Å². The quantitative estimate of drug-likeness (QED) is 0.841. The molecule has 106 valence electrons. The van der Waals surface area contributed by atoms with Gasteiger partial charge in [0.1, 0.15) is 0 Å². The molecule has 1 heterocycles. The van der Waals surface area contributed by atoms with Gasteiger partial charge in [-0.25, -0.2) is 4.98 Å². The minimum atomic E-state index is 0.0939. The van der Waals surface area contributed by atoms with E-state index in [1.165, 1.54) is 24.2 Å². The number of nitrogens with zero attached hydrogens (tertiary/aromatic N) is 2. The third kappa shape index (κ3) is 3.35. The SMILES string of the molecule is CC1CCC(N(C)C(=O)c2nc(C(C)C)cs2)CC1. The summed E-state index contributed by atoms with van der Waals surface area (Å²) in [7, 11) is 1.93. The molecule has 0 N–H and O–H groups in total. The Hall–Kier alpha value is -0.900. The van der Waals surface area contributed by atoms with Crippen molar-refractivity contribution in [2.75, 3.05) is 7.05 Å². The summed E-state index contributed by atoms with van der Waals surface area (Å²) in [6.45, 7) is 6.51. The summed E-state index contributed by atoms with van der Waals surface area (Å²) in [6.07, 6.45) is 4.73. The van der Waals surface area contributed by atoms with Crippen LogP contribution in [-0.4, -0.2) is 28.9 Å². The highest BCUT2D eigenvalue weighted by molar-refractivity contribution is 7.11. The van der Waals surface area contributed by atoms with Crippen molar-refractivity contribution >= 4 is 17.2 Å². The number of thiazole rings is 1. The van der Waals surface area contributed by atoms with E-state index in [1.807, 2.05) is 17.3 Å². The Morgan fingerprint density at radius 3 is 2.53 bits per heavy atom. The summed E-state index contributed by atoms with van der Waals surface area (Å²) in [5.41, 5.74) is 1.03. The topological polar surface area (TPSA) is 33.2 Å². The summed E-state index contributed by atoms with van der Waals surface area (Å²) in [6, 6.07) is 0.398. The van der Waals surface area contributed by atoms with Crippen molar-refractivity contribution < 1.29 is 4.79 Å². The molecule has 4 heteroatoms. The van der Waals surface area contributed by atoms with Crippen molar-refractivity contribution in [3.63, 3.8) is 0 Å². The van der Waals surface area contributed by atoms with E-state index in [-0.39, 0.29) is 5.91 Å². The van der Waals surface area contributed by atoms with Crippen LogP contribution in [0.4, 0.5) is 0 Å². The second kappa shape index (κ2) is 6.04. The molecule has 1 aromatic heterocycles. The second-order valence-electron chi connectivity index (χ2n) is 6.06. The fourth-order valence-corrected chi connectivity index (χ4v) is 3.56. The van der Waals surface area contributed by atoms with Crippen molar-refractivity contribution in [1.82, 2.24) is 9.88 Å². The van der Waals surface area contributed by atoms with Crippen molar-refractivity contribution in [3.8, 4) is 0 Å². The minimum Gasteiger partial charge on any atom is -0.337 e. The second-order valence-corrected chi connectivity index (χ2v) is 6.92. The van der Waals surface area contributed by atoms with Gasteiger partial charge in [-0.1, -0.05) is 20.8 Å². The van der Waals surface area contributed by atoms with Gasteiger partial charge in [-0.05, 0) is 37.5 Å². The Labute approximate surface area is 120 Å². The van der Waals surface area contributed by atoms with Gasteiger partial charge in [-0.15, -0.1) is 11.3 Å². The van der Waals surface area contributed by atoms with Gasteiger partial charge < -0.3 is 4.90 Å². The zero-order valence-electron chi connectivity index (χ0n) is 12.3. The highest BCUT2D eigenvalue weighted by Crippen LogP contribution is 2.28. The van der Waals surface area contributed by atoms with E-state index in [2.05, 4.69) is 25.8 Å². The van der Waals surface area contributed by atoms with Gasteiger partial charge in [-0.2, -0.15) is 0 Å². The lowest BCUT2D eigenvalue weighted by Crippen LogP contribution is -2.39. The molecule has 2 rings (SSSR count). The molecule has 0 spiro atoms. The average molecular weight is 280 g/mol. The Kier molecular flexibility index (Phi) is 4.61. The summed E-state index contributed by atoms with van der Waals surface area (Å²) in [4.78, 5) is 18.8. The summed E-state index contributed by atoms with van der Waals surface area (Å²) < 4.78 is 0. The van der Waals surface area contributed by atoms with E-state index in [9.17, 15) is 4.79 Å². The predicted molar refractivity (Wildman–Crippen MR) is 79.7 cm³/mol. The normalized spacial score (nSPS) is 23.6. The number of amides is 1. The fourth-order valence-electron chi connectivity index (χ4n) is 2.60. The van der Waals surface area contributed by atoms with Gasteiger partial charge >= 0.3 is 0 Å². The number of carbonyl (C=O) groups is 1. The molecule has 1 fully saturated rings. The lowest BCUT2D eigenvalue weighted by molar-refractivity contribution is 0.0679. The Morgan fingerprint density at radius 1 is 1.37 bits per heavy atom. The van der Waals surface area contributed by atoms with Crippen LogP contribution >= 0.6 is 11.3 Å². The molecule has 0 aliphatic heterocycles. The molecule has 0 radical (unpaired) electrons. The minimum absolute atomic E-state index is 0.0939. The first-order valence-corrected chi connectivity index (χ1v) is 8.09. The van der Waals surface area contributed by atoms with Gasteiger partial charge in [0, 0.05) is 18.5 Å². The highest BCUT2D eigenvalue weighted by Gasteiger charge is 2.26. The molecule has 0 saturated heterocycles. The van der Waals surface area contributed by atoms with Crippen LogP contribution in [-0.2, 0) is 0 Å². The van der Waals surface area contributed by atoms with Gasteiger partial charge in [-0.3, -0.25) is 4.79 Å². The van der Waals surface area contributed by atoms with E-state index in [4.69, 9.17) is 0 Å². The van der Waals surface area contributed by atoms with E-state index >= 15 is 0 Å². The number of hydrogen-bond donors (Lipinski definition) is 0. The zero-order chi connectivity index (χ0) is 14.0. The Balaban J connectivity index is 2.01. The van der Waals surface area contributed by atoms with Crippen LogP contribution in [0, 0.1) is 5.92 Å². The number of carbonyl (C=O) groups excluding carboxylic acids is 1. The van der Waals surface area contributed by atoms with Gasteiger partial charge in [0.15, 0.2) is 5.01 Å². The highest BCUT2D eigenvalue weighted by atomic mass is 32.1. The molecule has 0 unspecified atom stereocenters. The van der Waals surface area contributed by atoms with E-state index < -0.39 is 0 Å². The first-order valence-electron chi connectivity index (χ1n) is 7.21. The van der Waals surface area contributed by atoms with Crippen LogP contribution in [0.2, 0.25) is 0 Å². The van der Waals surface area contributed by atoms with E-state index in [1.54, 1.807) is 0 Å². The molecule has 1 aromatic rings. The van der Waals surface area contributed by atoms with Crippen LogP contribution in [0.1, 0.15) is 67.9 Å². The van der Waals surface area contributed by atoms with Crippen LogP contribution in [0.3, 0.4) is 0 Å². The molecular weight excluding hydrogens is 256 g/mol. The van der Waals surface area contributed by atoms with Crippen LogP contribution in [0.25, 0.3) is 0 Å².